The van der Waals surface area contributed by atoms with Crippen molar-refractivity contribution < 1.29 is 0 Å². The molecule has 0 saturated carbocycles. The summed E-state index contributed by atoms with van der Waals surface area (Å²) in [7, 11) is 0. The molecule has 0 fully saturated rings. The number of thioether (sulfide) groups is 1. The molecule has 5 rings (SSSR count). The van der Waals surface area contributed by atoms with E-state index in [0.717, 1.165) is 45.6 Å². The van der Waals surface area contributed by atoms with Crippen LogP contribution in [0.4, 0.5) is 5.82 Å². The number of hydrogen-bond acceptors (Lipinski definition) is 7. The van der Waals surface area contributed by atoms with Gasteiger partial charge in [-0.3, -0.25) is 15.0 Å². The van der Waals surface area contributed by atoms with Gasteiger partial charge in [0.05, 0.1) is 22.2 Å². The van der Waals surface area contributed by atoms with Crippen molar-refractivity contribution in [2.45, 2.75) is 18.1 Å². The highest BCUT2D eigenvalue weighted by Gasteiger charge is 2.21. The van der Waals surface area contributed by atoms with E-state index >= 15 is 0 Å². The Morgan fingerprint density at radius 1 is 0.848 bits per heavy atom. The number of fused-ring (bicyclic) bond motifs is 2. The first-order valence-electron chi connectivity index (χ1n) is 10.9. The molecule has 2 atom stereocenters. The Balaban J connectivity index is 1.34. The fraction of sp³-hybridized carbons (Fsp3) is 0.192. The first-order valence-corrected chi connectivity index (χ1v) is 12.2. The highest BCUT2D eigenvalue weighted by atomic mass is 32.2. The van der Waals surface area contributed by atoms with Crippen molar-refractivity contribution in [3.8, 4) is 11.3 Å². The van der Waals surface area contributed by atoms with Gasteiger partial charge in [0.1, 0.15) is 12.1 Å². The Bertz CT molecular complexity index is 1400. The van der Waals surface area contributed by atoms with Gasteiger partial charge < -0.3 is 5.32 Å². The van der Waals surface area contributed by atoms with E-state index in [1.54, 1.807) is 6.33 Å². The normalized spacial score (nSPS) is 13.2. The van der Waals surface area contributed by atoms with E-state index in [1.165, 1.54) is 5.56 Å². The molecule has 164 valence electrons. The fourth-order valence-electron chi connectivity index (χ4n) is 4.08. The molecule has 4 aromatic heterocycles. The largest absolute Gasteiger partial charge is 0.369 e. The predicted octanol–water partition coefficient (Wildman–Crippen LogP) is 5.58. The molecule has 0 aliphatic rings. The maximum absolute atomic E-state index is 4.59. The molecule has 4 heterocycles. The summed E-state index contributed by atoms with van der Waals surface area (Å²) in [6.07, 6.45) is 9.27. The van der Waals surface area contributed by atoms with Crippen LogP contribution in [0.3, 0.4) is 0 Å². The Morgan fingerprint density at radius 3 is 2.61 bits per heavy atom. The summed E-state index contributed by atoms with van der Waals surface area (Å²) >= 11 is 1.84. The van der Waals surface area contributed by atoms with E-state index in [2.05, 4.69) is 67.7 Å². The van der Waals surface area contributed by atoms with Gasteiger partial charge in [0.2, 0.25) is 0 Å². The van der Waals surface area contributed by atoms with Crippen molar-refractivity contribution in [1.29, 1.82) is 0 Å². The molecular formula is C26H24N6S. The van der Waals surface area contributed by atoms with Gasteiger partial charge in [-0.05, 0) is 54.1 Å². The number of hydrogen-bond donors (Lipinski definition) is 1. The molecule has 0 spiro atoms. The lowest BCUT2D eigenvalue weighted by Gasteiger charge is -2.24. The van der Waals surface area contributed by atoms with Crippen molar-refractivity contribution in [1.82, 2.24) is 24.9 Å². The third-order valence-corrected chi connectivity index (χ3v) is 7.11. The lowest BCUT2D eigenvalue weighted by molar-refractivity contribution is 0.727. The molecule has 7 heteroatoms. The molecule has 6 nitrogen and oxygen atoms in total. The highest BCUT2D eigenvalue weighted by molar-refractivity contribution is 7.99. The SMILES string of the molecule is CSC(CNc1cc(-c2ccc3ncccc3c2)ncn1)C(C)c1ccnc2cccnc12. The summed E-state index contributed by atoms with van der Waals surface area (Å²) in [6, 6.07) is 18.2. The van der Waals surface area contributed by atoms with Crippen molar-refractivity contribution >= 4 is 39.5 Å². The van der Waals surface area contributed by atoms with Crippen molar-refractivity contribution in [2.24, 2.45) is 0 Å². The summed E-state index contributed by atoms with van der Waals surface area (Å²) < 4.78 is 0. The monoisotopic (exact) mass is 452 g/mol. The number of benzene rings is 1. The number of nitrogens with zero attached hydrogens (tertiary/aromatic N) is 5. The van der Waals surface area contributed by atoms with Gasteiger partial charge in [-0.15, -0.1) is 0 Å². The zero-order valence-electron chi connectivity index (χ0n) is 18.5. The van der Waals surface area contributed by atoms with Crippen molar-refractivity contribution in [3.63, 3.8) is 0 Å². The Kier molecular flexibility index (Phi) is 6.13. The van der Waals surface area contributed by atoms with Crippen molar-refractivity contribution in [2.75, 3.05) is 18.1 Å². The summed E-state index contributed by atoms with van der Waals surface area (Å²) in [5, 5.41) is 4.95. The van der Waals surface area contributed by atoms with E-state index in [-0.39, 0.29) is 0 Å². The van der Waals surface area contributed by atoms with Crippen LogP contribution < -0.4 is 5.32 Å². The molecular weight excluding hydrogens is 428 g/mol. The first kappa shape index (κ1) is 21.3. The van der Waals surface area contributed by atoms with Crippen LogP contribution in [0, 0.1) is 0 Å². The van der Waals surface area contributed by atoms with E-state index in [0.29, 0.717) is 11.2 Å². The maximum Gasteiger partial charge on any atom is 0.129 e. The quantitative estimate of drug-likeness (QED) is 0.345. The lowest BCUT2D eigenvalue weighted by Crippen LogP contribution is -2.23. The van der Waals surface area contributed by atoms with E-state index in [9.17, 15) is 0 Å². The molecule has 1 aromatic carbocycles. The lowest BCUT2D eigenvalue weighted by atomic mass is 9.96. The molecule has 5 aromatic rings. The predicted molar refractivity (Wildman–Crippen MR) is 137 cm³/mol. The number of aromatic nitrogens is 5. The van der Waals surface area contributed by atoms with Gasteiger partial charge in [0, 0.05) is 47.4 Å². The van der Waals surface area contributed by atoms with Crippen LogP contribution in [0.25, 0.3) is 33.2 Å². The van der Waals surface area contributed by atoms with Crippen molar-refractivity contribution in [3.05, 3.63) is 85.1 Å². The van der Waals surface area contributed by atoms with Crippen LogP contribution >= 0.6 is 11.8 Å². The zero-order valence-corrected chi connectivity index (χ0v) is 19.3. The Hall–Kier alpha value is -3.58. The van der Waals surface area contributed by atoms with E-state index in [4.69, 9.17) is 0 Å². The maximum atomic E-state index is 4.59. The van der Waals surface area contributed by atoms with Crippen LogP contribution in [0.2, 0.25) is 0 Å². The second kappa shape index (κ2) is 9.50. The molecule has 33 heavy (non-hydrogen) atoms. The molecule has 0 bridgehead atoms. The average molecular weight is 453 g/mol. The summed E-state index contributed by atoms with van der Waals surface area (Å²) in [5.74, 6) is 1.11. The summed E-state index contributed by atoms with van der Waals surface area (Å²) in [4.78, 5) is 22.4. The molecule has 1 N–H and O–H groups in total. The van der Waals surface area contributed by atoms with Gasteiger partial charge in [-0.1, -0.05) is 19.1 Å². The van der Waals surface area contributed by atoms with E-state index < -0.39 is 0 Å². The van der Waals surface area contributed by atoms with Crippen LogP contribution in [0.5, 0.6) is 0 Å². The molecule has 0 amide bonds. The van der Waals surface area contributed by atoms with Gasteiger partial charge in [-0.25, -0.2) is 9.97 Å². The number of nitrogens with one attached hydrogen (secondary N) is 1. The molecule has 0 saturated heterocycles. The van der Waals surface area contributed by atoms with Gasteiger partial charge in [0.25, 0.3) is 0 Å². The highest BCUT2D eigenvalue weighted by Crippen LogP contribution is 2.31. The minimum Gasteiger partial charge on any atom is -0.369 e. The minimum absolute atomic E-state index is 0.294. The number of pyridine rings is 3. The zero-order chi connectivity index (χ0) is 22.6. The third kappa shape index (κ3) is 4.50. The number of anilines is 1. The number of rotatable bonds is 7. The van der Waals surface area contributed by atoms with Gasteiger partial charge in [-0.2, -0.15) is 11.8 Å². The summed E-state index contributed by atoms with van der Waals surface area (Å²) in [6.45, 7) is 3.03. The van der Waals surface area contributed by atoms with Crippen LogP contribution in [0.1, 0.15) is 18.4 Å². The topological polar surface area (TPSA) is 76.5 Å². The van der Waals surface area contributed by atoms with Crippen LogP contribution in [-0.2, 0) is 0 Å². The van der Waals surface area contributed by atoms with Crippen LogP contribution in [-0.4, -0.2) is 43.0 Å². The van der Waals surface area contributed by atoms with E-state index in [1.807, 2.05) is 60.7 Å². The Morgan fingerprint density at radius 2 is 1.70 bits per heavy atom. The van der Waals surface area contributed by atoms with Crippen LogP contribution in [0.15, 0.2) is 79.5 Å². The fourth-order valence-corrected chi connectivity index (χ4v) is 4.89. The standard InChI is InChI=1S/C26H24N6S/c1-17(20-9-12-28-22-6-4-11-29-26(20)22)24(33-2)15-30-25-14-23(31-16-32-25)19-7-8-21-18(13-19)5-3-10-27-21/h3-14,16-17,24H,15H2,1-2H3,(H,30,31,32). The molecule has 0 aliphatic heterocycles. The minimum atomic E-state index is 0.294. The second-order valence-electron chi connectivity index (χ2n) is 7.91. The van der Waals surface area contributed by atoms with Gasteiger partial charge in [0.15, 0.2) is 0 Å². The second-order valence-corrected chi connectivity index (χ2v) is 8.99. The van der Waals surface area contributed by atoms with Gasteiger partial charge >= 0.3 is 0 Å². The average Bonchev–Trinajstić information content (AvgIpc) is 2.88. The molecule has 0 radical (unpaired) electrons. The third-order valence-electron chi connectivity index (χ3n) is 5.93. The smallest absolute Gasteiger partial charge is 0.129 e. The summed E-state index contributed by atoms with van der Waals surface area (Å²) in [5.41, 5.74) is 6.03. The Labute approximate surface area is 197 Å². The molecule has 0 aliphatic carbocycles. The molecule has 2 unspecified atom stereocenters. The first-order chi connectivity index (χ1) is 16.2.